The maximum atomic E-state index is 10.8. The number of carboxylic acids is 2. The van der Waals surface area contributed by atoms with Gasteiger partial charge in [0.05, 0.1) is 13.5 Å². The molecule has 2 atom stereocenters. The molecule has 0 radical (unpaired) electrons. The number of hydrogen-bond donors (Lipinski definition) is 2. The van der Waals surface area contributed by atoms with Gasteiger partial charge in [-0.3, -0.25) is 9.59 Å². The quantitative estimate of drug-likeness (QED) is 0.572. The molecule has 0 fully saturated rings. The maximum Gasteiger partial charge on any atom is 0.333 e. The van der Waals surface area contributed by atoms with E-state index < -0.39 is 36.4 Å². The molecule has 0 aromatic rings. The van der Waals surface area contributed by atoms with Gasteiger partial charge in [0.15, 0.2) is 6.10 Å². The summed E-state index contributed by atoms with van der Waals surface area (Å²) < 4.78 is 8.75. The average Bonchev–Trinajstić information content (AvgIpc) is 2.16. The van der Waals surface area contributed by atoms with Gasteiger partial charge in [0, 0.05) is 7.11 Å². The predicted molar refractivity (Wildman–Crippen MR) is 46.2 cm³/mol. The standard InChI is InChI=1S/C8H12O7/c1-14-5(9)3-4(7(10)11)6(15-2)8(12)13/h4,6H,3H2,1-2H3,(H,10,11)(H,12,13). The molecule has 0 rings (SSSR count). The smallest absolute Gasteiger partial charge is 0.333 e. The van der Waals surface area contributed by atoms with Gasteiger partial charge in [0.25, 0.3) is 0 Å². The Morgan fingerprint density at radius 2 is 1.67 bits per heavy atom. The summed E-state index contributed by atoms with van der Waals surface area (Å²) in [5.41, 5.74) is 0. The Bertz CT molecular complexity index is 260. The van der Waals surface area contributed by atoms with E-state index in [-0.39, 0.29) is 0 Å². The third kappa shape index (κ3) is 3.94. The summed E-state index contributed by atoms with van der Waals surface area (Å²) in [7, 11) is 2.15. The second kappa shape index (κ2) is 5.97. The number of carbonyl (C=O) groups excluding carboxylic acids is 1. The Balaban J connectivity index is 4.70. The summed E-state index contributed by atoms with van der Waals surface area (Å²) >= 11 is 0. The van der Waals surface area contributed by atoms with Crippen LogP contribution in [-0.2, 0) is 23.9 Å². The van der Waals surface area contributed by atoms with Crippen molar-refractivity contribution in [2.75, 3.05) is 14.2 Å². The average molecular weight is 220 g/mol. The van der Waals surface area contributed by atoms with Crippen LogP contribution < -0.4 is 0 Å². The maximum absolute atomic E-state index is 10.8. The first-order chi connectivity index (χ1) is 6.93. The second-order valence-electron chi connectivity index (χ2n) is 2.72. The van der Waals surface area contributed by atoms with Crippen LogP contribution in [0.2, 0.25) is 0 Å². The lowest BCUT2D eigenvalue weighted by Gasteiger charge is -2.17. The third-order valence-corrected chi connectivity index (χ3v) is 1.79. The zero-order valence-electron chi connectivity index (χ0n) is 8.30. The molecule has 0 aliphatic rings. The number of esters is 1. The highest BCUT2D eigenvalue weighted by atomic mass is 16.5. The minimum absolute atomic E-state index is 0.545. The third-order valence-electron chi connectivity index (χ3n) is 1.79. The van der Waals surface area contributed by atoms with Crippen LogP contribution in [0.15, 0.2) is 0 Å². The van der Waals surface area contributed by atoms with E-state index in [1.807, 2.05) is 0 Å². The molecule has 0 aromatic heterocycles. The molecule has 0 amide bonds. The Morgan fingerprint density at radius 1 is 1.13 bits per heavy atom. The molecule has 0 bridgehead atoms. The van der Waals surface area contributed by atoms with Crippen molar-refractivity contribution in [1.29, 1.82) is 0 Å². The van der Waals surface area contributed by atoms with Crippen LogP contribution in [-0.4, -0.2) is 48.4 Å². The number of carbonyl (C=O) groups is 3. The van der Waals surface area contributed by atoms with Gasteiger partial charge in [0.1, 0.15) is 5.92 Å². The van der Waals surface area contributed by atoms with Crippen molar-refractivity contribution in [2.24, 2.45) is 5.92 Å². The lowest BCUT2D eigenvalue weighted by atomic mass is 9.99. The van der Waals surface area contributed by atoms with Crippen LogP contribution in [0, 0.1) is 5.92 Å². The van der Waals surface area contributed by atoms with E-state index in [9.17, 15) is 14.4 Å². The van der Waals surface area contributed by atoms with Crippen LogP contribution >= 0.6 is 0 Å². The topological polar surface area (TPSA) is 110 Å². The molecule has 15 heavy (non-hydrogen) atoms. The van der Waals surface area contributed by atoms with Crippen LogP contribution in [0.5, 0.6) is 0 Å². The summed E-state index contributed by atoms with van der Waals surface area (Å²) in [6, 6.07) is 0. The van der Waals surface area contributed by atoms with Gasteiger partial charge in [-0.15, -0.1) is 0 Å². The second-order valence-corrected chi connectivity index (χ2v) is 2.72. The van der Waals surface area contributed by atoms with Crippen LogP contribution in [0.4, 0.5) is 0 Å². The zero-order valence-corrected chi connectivity index (χ0v) is 8.30. The number of hydrogen-bond acceptors (Lipinski definition) is 5. The van der Waals surface area contributed by atoms with E-state index in [1.54, 1.807) is 0 Å². The molecular weight excluding hydrogens is 208 g/mol. The van der Waals surface area contributed by atoms with E-state index in [1.165, 1.54) is 0 Å². The zero-order chi connectivity index (χ0) is 12.0. The first-order valence-electron chi connectivity index (χ1n) is 3.99. The number of methoxy groups -OCH3 is 2. The number of rotatable bonds is 6. The van der Waals surface area contributed by atoms with Crippen molar-refractivity contribution >= 4 is 17.9 Å². The first-order valence-corrected chi connectivity index (χ1v) is 3.99. The monoisotopic (exact) mass is 220 g/mol. The van der Waals surface area contributed by atoms with Crippen LogP contribution in [0.3, 0.4) is 0 Å². The summed E-state index contributed by atoms with van der Waals surface area (Å²) in [6.07, 6.45) is -2.11. The van der Waals surface area contributed by atoms with Gasteiger partial charge >= 0.3 is 17.9 Å². The van der Waals surface area contributed by atoms with Crippen molar-refractivity contribution < 1.29 is 34.1 Å². The highest BCUT2D eigenvalue weighted by molar-refractivity contribution is 5.85. The first kappa shape index (κ1) is 13.4. The molecule has 7 heteroatoms. The fraction of sp³-hybridized carbons (Fsp3) is 0.625. The van der Waals surface area contributed by atoms with Crippen molar-refractivity contribution in [3.8, 4) is 0 Å². The Hall–Kier alpha value is -1.63. The summed E-state index contributed by atoms with van der Waals surface area (Å²) in [5, 5.41) is 17.4. The lowest BCUT2D eigenvalue weighted by molar-refractivity contribution is -0.165. The van der Waals surface area contributed by atoms with Gasteiger partial charge < -0.3 is 19.7 Å². The summed E-state index contributed by atoms with van der Waals surface area (Å²) in [4.78, 5) is 32.1. The van der Waals surface area contributed by atoms with Crippen LogP contribution in [0.25, 0.3) is 0 Å². The van der Waals surface area contributed by atoms with Gasteiger partial charge in [-0.25, -0.2) is 4.79 Å². The van der Waals surface area contributed by atoms with Gasteiger partial charge in [-0.2, -0.15) is 0 Å². The Morgan fingerprint density at radius 3 is 1.93 bits per heavy atom. The minimum atomic E-state index is -1.57. The molecule has 0 spiro atoms. The number of aliphatic carboxylic acids is 2. The van der Waals surface area contributed by atoms with Crippen LogP contribution in [0.1, 0.15) is 6.42 Å². The van der Waals surface area contributed by atoms with E-state index >= 15 is 0 Å². The van der Waals surface area contributed by atoms with Crippen molar-refractivity contribution in [3.05, 3.63) is 0 Å². The molecule has 0 aliphatic carbocycles. The van der Waals surface area contributed by atoms with Gasteiger partial charge in [0.2, 0.25) is 0 Å². The summed E-state index contributed by atoms with van der Waals surface area (Å²) in [6.45, 7) is 0. The fourth-order valence-electron chi connectivity index (χ4n) is 1.02. The molecule has 0 saturated carbocycles. The number of carboxylic acid groups (broad SMARTS) is 2. The van der Waals surface area contributed by atoms with E-state index in [2.05, 4.69) is 9.47 Å². The molecule has 0 aliphatic heterocycles. The van der Waals surface area contributed by atoms with Crippen molar-refractivity contribution in [1.82, 2.24) is 0 Å². The van der Waals surface area contributed by atoms with Gasteiger partial charge in [-0.05, 0) is 0 Å². The predicted octanol–water partition coefficient (Wildman–Crippen LogP) is -0.650. The minimum Gasteiger partial charge on any atom is -0.481 e. The molecule has 86 valence electrons. The highest BCUT2D eigenvalue weighted by Gasteiger charge is 2.35. The molecule has 7 nitrogen and oxygen atoms in total. The van der Waals surface area contributed by atoms with E-state index in [0.717, 1.165) is 14.2 Å². The van der Waals surface area contributed by atoms with Crippen molar-refractivity contribution in [2.45, 2.75) is 12.5 Å². The molecule has 0 saturated heterocycles. The molecule has 0 aromatic carbocycles. The van der Waals surface area contributed by atoms with E-state index in [0.29, 0.717) is 0 Å². The molecule has 0 heterocycles. The lowest BCUT2D eigenvalue weighted by Crippen LogP contribution is -2.38. The molecular formula is C8H12O7. The largest absolute Gasteiger partial charge is 0.481 e. The fourth-order valence-corrected chi connectivity index (χ4v) is 1.02. The Labute approximate surface area is 85.6 Å². The summed E-state index contributed by atoms with van der Waals surface area (Å²) in [5.74, 6) is -5.12. The molecule has 2 N–H and O–H groups in total. The Kier molecular flexibility index (Phi) is 5.32. The SMILES string of the molecule is COC(=O)CC(C(=O)O)C(OC)C(=O)O. The normalized spacial score (nSPS) is 14.0. The van der Waals surface area contributed by atoms with E-state index in [4.69, 9.17) is 10.2 Å². The molecule has 2 unspecified atom stereocenters. The highest BCUT2D eigenvalue weighted by Crippen LogP contribution is 2.13. The number of ether oxygens (including phenoxy) is 2. The van der Waals surface area contributed by atoms with Crippen molar-refractivity contribution in [3.63, 3.8) is 0 Å². The van der Waals surface area contributed by atoms with Gasteiger partial charge in [-0.1, -0.05) is 0 Å².